The average Bonchev–Trinajstić information content (AvgIpc) is 3.39. The molecule has 2 aromatic carbocycles. The number of anilines is 2. The molecule has 0 unspecified atom stereocenters. The van der Waals surface area contributed by atoms with E-state index in [2.05, 4.69) is 40.4 Å². The molecule has 3 aromatic heterocycles. The van der Waals surface area contributed by atoms with Crippen molar-refractivity contribution in [3.8, 4) is 10.7 Å². The molecule has 0 spiro atoms. The fourth-order valence-electron chi connectivity index (χ4n) is 3.52. The molecule has 0 bridgehead atoms. The maximum absolute atomic E-state index is 12.4. The van der Waals surface area contributed by atoms with Crippen LogP contribution in [0, 0.1) is 5.92 Å². The molecule has 154 valence electrons. The first-order chi connectivity index (χ1) is 15.0. The molecule has 5 aromatic rings. The highest BCUT2D eigenvalue weighted by Gasteiger charge is 2.12. The van der Waals surface area contributed by atoms with Crippen LogP contribution in [0.5, 0.6) is 0 Å². The van der Waals surface area contributed by atoms with Crippen molar-refractivity contribution in [1.29, 1.82) is 0 Å². The number of carbonyl (C=O) groups excluding carboxylic acids is 1. The summed E-state index contributed by atoms with van der Waals surface area (Å²) in [7, 11) is 0. The van der Waals surface area contributed by atoms with Crippen LogP contribution in [0.15, 0.2) is 60.9 Å². The summed E-state index contributed by atoms with van der Waals surface area (Å²) in [5.74, 6) is 1.91. The number of fused-ring (bicyclic) bond motifs is 2. The zero-order chi connectivity index (χ0) is 21.4. The molecule has 0 atom stereocenters. The molecule has 0 saturated heterocycles. The van der Waals surface area contributed by atoms with E-state index in [9.17, 15) is 4.79 Å². The lowest BCUT2D eigenvalue weighted by atomic mass is 10.0. The molecule has 0 aliphatic carbocycles. The number of H-pyrrole nitrogens is 1. The van der Waals surface area contributed by atoms with Crippen molar-refractivity contribution >= 4 is 49.6 Å². The Kier molecular flexibility index (Phi) is 4.95. The fourth-order valence-corrected chi connectivity index (χ4v) is 4.56. The number of ketones is 1. The topological polar surface area (TPSA) is 83.6 Å². The van der Waals surface area contributed by atoms with Gasteiger partial charge in [0.1, 0.15) is 5.82 Å². The van der Waals surface area contributed by atoms with Gasteiger partial charge in [-0.1, -0.05) is 26.0 Å². The van der Waals surface area contributed by atoms with Crippen LogP contribution in [0.1, 0.15) is 30.6 Å². The van der Waals surface area contributed by atoms with Gasteiger partial charge in [-0.15, -0.1) is 11.3 Å². The summed E-state index contributed by atoms with van der Waals surface area (Å²) in [5.41, 5.74) is 2.69. The predicted octanol–water partition coefficient (Wildman–Crippen LogP) is 6.21. The number of hydrogen-bond donors (Lipinski definition) is 2. The van der Waals surface area contributed by atoms with Gasteiger partial charge >= 0.3 is 0 Å². The van der Waals surface area contributed by atoms with E-state index in [-0.39, 0.29) is 5.78 Å². The van der Waals surface area contributed by atoms with E-state index in [0.717, 1.165) is 42.9 Å². The predicted molar refractivity (Wildman–Crippen MR) is 126 cm³/mol. The second kappa shape index (κ2) is 7.92. The van der Waals surface area contributed by atoms with Crippen LogP contribution >= 0.6 is 11.3 Å². The quantitative estimate of drug-likeness (QED) is 0.315. The highest BCUT2D eigenvalue weighted by atomic mass is 32.1. The zero-order valence-corrected chi connectivity index (χ0v) is 18.0. The third-order valence-electron chi connectivity index (χ3n) is 5.02. The summed E-state index contributed by atoms with van der Waals surface area (Å²) in [5, 5.41) is 12.5. The summed E-state index contributed by atoms with van der Waals surface area (Å²) in [6.07, 6.45) is 4.11. The third-order valence-corrected chi connectivity index (χ3v) is 6.12. The van der Waals surface area contributed by atoms with E-state index < -0.39 is 0 Å². The van der Waals surface area contributed by atoms with Crippen molar-refractivity contribution in [1.82, 2.24) is 20.2 Å². The number of Topliss-reactive ketones (excluding diaryl/α,β-unsaturated/α-hetero) is 1. The van der Waals surface area contributed by atoms with E-state index in [0.29, 0.717) is 18.2 Å². The number of benzene rings is 2. The van der Waals surface area contributed by atoms with E-state index in [4.69, 9.17) is 4.98 Å². The van der Waals surface area contributed by atoms with Gasteiger partial charge in [0, 0.05) is 34.0 Å². The van der Waals surface area contributed by atoms with Crippen molar-refractivity contribution in [2.45, 2.75) is 20.3 Å². The van der Waals surface area contributed by atoms with Gasteiger partial charge in [-0.2, -0.15) is 5.10 Å². The maximum Gasteiger partial charge on any atom is 0.171 e. The molecule has 0 fully saturated rings. The molecule has 0 amide bonds. The highest BCUT2D eigenvalue weighted by molar-refractivity contribution is 7.22. The van der Waals surface area contributed by atoms with Gasteiger partial charge in [-0.05, 0) is 47.7 Å². The summed E-state index contributed by atoms with van der Waals surface area (Å²) in [6.45, 7) is 4.12. The maximum atomic E-state index is 12.4. The average molecular weight is 428 g/mol. The molecule has 0 saturated carbocycles. The Morgan fingerprint density at radius 1 is 1.10 bits per heavy atom. The Balaban J connectivity index is 1.42. The first-order valence-corrected chi connectivity index (χ1v) is 11.0. The van der Waals surface area contributed by atoms with Crippen molar-refractivity contribution < 1.29 is 4.79 Å². The SMILES string of the molecule is CC(C)CC(=O)c1ccc2cc(-c3nccc(Nc4ccc5[nH]ncc5c4)n3)sc2c1. The Morgan fingerprint density at radius 3 is 2.87 bits per heavy atom. The molecule has 31 heavy (non-hydrogen) atoms. The first-order valence-electron chi connectivity index (χ1n) is 10.2. The number of aromatic amines is 1. The minimum atomic E-state index is 0.184. The number of carbonyl (C=O) groups is 1. The third kappa shape index (κ3) is 4.04. The van der Waals surface area contributed by atoms with Gasteiger partial charge in [-0.3, -0.25) is 9.89 Å². The molecule has 0 aliphatic heterocycles. The normalized spacial score (nSPS) is 11.5. The van der Waals surface area contributed by atoms with Gasteiger partial charge in [0.05, 0.1) is 16.6 Å². The minimum absolute atomic E-state index is 0.184. The number of aromatic nitrogens is 4. The molecule has 6 nitrogen and oxygen atoms in total. The summed E-state index contributed by atoms with van der Waals surface area (Å²) in [4.78, 5) is 22.6. The lowest BCUT2D eigenvalue weighted by molar-refractivity contribution is 0.0968. The summed E-state index contributed by atoms with van der Waals surface area (Å²) in [6, 6.07) is 15.8. The molecular formula is C24H21N5OS. The van der Waals surface area contributed by atoms with Gasteiger partial charge < -0.3 is 5.32 Å². The lowest BCUT2D eigenvalue weighted by Gasteiger charge is -2.06. The van der Waals surface area contributed by atoms with Crippen molar-refractivity contribution in [3.63, 3.8) is 0 Å². The number of nitrogens with one attached hydrogen (secondary N) is 2. The number of hydrogen-bond acceptors (Lipinski definition) is 6. The van der Waals surface area contributed by atoms with Crippen molar-refractivity contribution in [2.75, 3.05) is 5.32 Å². The minimum Gasteiger partial charge on any atom is -0.340 e. The van der Waals surface area contributed by atoms with E-state index >= 15 is 0 Å². The Hall–Kier alpha value is -3.58. The van der Waals surface area contributed by atoms with Crippen molar-refractivity contribution in [2.24, 2.45) is 5.92 Å². The van der Waals surface area contributed by atoms with Gasteiger partial charge in [0.2, 0.25) is 0 Å². The van der Waals surface area contributed by atoms with Gasteiger partial charge in [0.25, 0.3) is 0 Å². The van der Waals surface area contributed by atoms with E-state index in [1.165, 1.54) is 0 Å². The van der Waals surface area contributed by atoms with Crippen molar-refractivity contribution in [3.05, 3.63) is 66.5 Å². The second-order valence-corrected chi connectivity index (χ2v) is 9.03. The van der Waals surface area contributed by atoms with E-state index in [1.54, 1.807) is 23.7 Å². The van der Waals surface area contributed by atoms with Gasteiger partial charge in [0.15, 0.2) is 11.6 Å². The molecule has 0 aliphatic rings. The first kappa shape index (κ1) is 19.4. The summed E-state index contributed by atoms with van der Waals surface area (Å²) >= 11 is 1.60. The Bertz CT molecular complexity index is 1400. The lowest BCUT2D eigenvalue weighted by Crippen LogP contribution is -2.02. The summed E-state index contributed by atoms with van der Waals surface area (Å²) < 4.78 is 1.07. The standard InChI is InChI=1S/C24H21N5OS/c1-14(2)9-20(30)15-3-4-16-12-22(31-21(16)11-15)24-25-8-7-23(28-24)27-18-5-6-19-17(10-18)13-26-29-19/h3-8,10-14H,9H2,1-2H3,(H,26,29)(H,25,27,28). The van der Waals surface area contributed by atoms with Crippen LogP contribution in [0.3, 0.4) is 0 Å². The molecular weight excluding hydrogens is 406 g/mol. The zero-order valence-electron chi connectivity index (χ0n) is 17.2. The second-order valence-electron chi connectivity index (χ2n) is 7.95. The molecule has 5 rings (SSSR count). The van der Waals surface area contributed by atoms with Crippen LogP contribution in [0.25, 0.3) is 31.7 Å². The smallest absolute Gasteiger partial charge is 0.171 e. The molecule has 0 radical (unpaired) electrons. The number of thiophene rings is 1. The number of nitrogens with zero attached hydrogens (tertiary/aromatic N) is 3. The van der Waals surface area contributed by atoms with Crippen LogP contribution in [-0.4, -0.2) is 25.9 Å². The van der Waals surface area contributed by atoms with E-state index in [1.807, 2.05) is 42.5 Å². The monoisotopic (exact) mass is 427 g/mol. The highest BCUT2D eigenvalue weighted by Crippen LogP contribution is 2.33. The number of rotatable bonds is 6. The molecule has 7 heteroatoms. The fraction of sp³-hybridized carbons (Fsp3) is 0.167. The Labute approximate surface area is 183 Å². The van der Waals surface area contributed by atoms with Gasteiger partial charge in [-0.25, -0.2) is 9.97 Å². The molecule has 3 heterocycles. The Morgan fingerprint density at radius 2 is 2.00 bits per heavy atom. The molecule has 2 N–H and O–H groups in total. The van der Waals surface area contributed by atoms with Crippen LogP contribution in [-0.2, 0) is 0 Å². The largest absolute Gasteiger partial charge is 0.340 e. The van der Waals surface area contributed by atoms with Crippen LogP contribution in [0.2, 0.25) is 0 Å². The van der Waals surface area contributed by atoms with Crippen LogP contribution < -0.4 is 5.32 Å². The van der Waals surface area contributed by atoms with Crippen LogP contribution in [0.4, 0.5) is 11.5 Å².